The van der Waals surface area contributed by atoms with Gasteiger partial charge in [-0.3, -0.25) is 9.69 Å². The monoisotopic (exact) mass is 293 g/mol. The molecule has 108 valence electrons. The maximum atomic E-state index is 11.4. The van der Waals surface area contributed by atoms with E-state index in [-0.39, 0.29) is 6.10 Å². The van der Waals surface area contributed by atoms with Crippen LogP contribution in [0.15, 0.2) is 18.2 Å². The number of halogens is 1. The van der Waals surface area contributed by atoms with Gasteiger partial charge in [-0.25, -0.2) is 0 Å². The van der Waals surface area contributed by atoms with E-state index >= 15 is 0 Å². The van der Waals surface area contributed by atoms with Gasteiger partial charge in [0.2, 0.25) is 0 Å². The Bertz CT molecular complexity index is 515. The summed E-state index contributed by atoms with van der Waals surface area (Å²) in [5.41, 5.74) is 3.03. The Morgan fingerprint density at radius 1 is 1.50 bits per heavy atom. The molecular formula is C16H20ClNO2. The average molecular weight is 294 g/mol. The molecule has 1 aliphatic carbocycles. The Labute approximate surface area is 124 Å². The van der Waals surface area contributed by atoms with Gasteiger partial charge in [-0.05, 0) is 60.7 Å². The van der Waals surface area contributed by atoms with Gasteiger partial charge in [-0.15, -0.1) is 0 Å². The minimum absolute atomic E-state index is 0.0926. The molecule has 0 unspecified atom stereocenters. The number of morpholine rings is 1. The highest BCUT2D eigenvalue weighted by Crippen LogP contribution is 2.38. The lowest BCUT2D eigenvalue weighted by atomic mass is 9.83. The third kappa shape index (κ3) is 2.50. The first kappa shape index (κ1) is 14.1. The smallest absolute Gasteiger partial charge is 0.252 e. The lowest BCUT2D eigenvalue weighted by molar-refractivity contribution is -0.0801. The van der Waals surface area contributed by atoms with E-state index in [9.17, 15) is 4.79 Å². The first-order chi connectivity index (χ1) is 9.70. The maximum absolute atomic E-state index is 11.4. The van der Waals surface area contributed by atoms with Crippen LogP contribution >= 0.6 is 11.6 Å². The summed E-state index contributed by atoms with van der Waals surface area (Å²) in [5, 5.41) is -0.392. The topological polar surface area (TPSA) is 29.5 Å². The molecule has 0 aromatic heterocycles. The minimum Gasteiger partial charge on any atom is -0.371 e. The molecule has 0 saturated carbocycles. The number of nitrogens with zero attached hydrogens (tertiary/aromatic N) is 1. The molecule has 3 rings (SSSR count). The highest BCUT2D eigenvalue weighted by Gasteiger charge is 2.37. The Kier molecular flexibility index (Phi) is 4.11. The molecule has 1 saturated heterocycles. The Hall–Kier alpha value is -0.900. The van der Waals surface area contributed by atoms with Crippen LogP contribution < -0.4 is 0 Å². The Morgan fingerprint density at radius 3 is 3.10 bits per heavy atom. The summed E-state index contributed by atoms with van der Waals surface area (Å²) in [4.78, 5) is 13.9. The van der Waals surface area contributed by atoms with Crippen LogP contribution in [0.1, 0.15) is 47.4 Å². The van der Waals surface area contributed by atoms with Crippen LogP contribution in [0.3, 0.4) is 0 Å². The molecule has 20 heavy (non-hydrogen) atoms. The molecule has 1 fully saturated rings. The zero-order valence-corrected chi connectivity index (χ0v) is 12.5. The molecule has 0 radical (unpaired) electrons. The first-order valence-electron chi connectivity index (χ1n) is 7.39. The van der Waals surface area contributed by atoms with E-state index in [4.69, 9.17) is 16.3 Å². The van der Waals surface area contributed by atoms with E-state index in [1.54, 1.807) is 0 Å². The number of ether oxygens (including phenoxy) is 1. The summed E-state index contributed by atoms with van der Waals surface area (Å²) in [6.07, 6.45) is 3.44. The third-order valence-electron chi connectivity index (χ3n) is 4.39. The first-order valence-corrected chi connectivity index (χ1v) is 7.77. The molecule has 0 amide bonds. The summed E-state index contributed by atoms with van der Waals surface area (Å²) in [7, 11) is 0. The van der Waals surface area contributed by atoms with E-state index in [0.717, 1.165) is 44.5 Å². The van der Waals surface area contributed by atoms with Gasteiger partial charge in [0, 0.05) is 18.2 Å². The molecule has 1 aromatic rings. The van der Waals surface area contributed by atoms with Crippen molar-refractivity contribution >= 4 is 16.8 Å². The van der Waals surface area contributed by atoms with Crippen molar-refractivity contribution in [3.8, 4) is 0 Å². The molecule has 0 bridgehead atoms. The average Bonchev–Trinajstić information content (AvgIpc) is 2.47. The van der Waals surface area contributed by atoms with Gasteiger partial charge in [0.15, 0.2) is 0 Å². The second kappa shape index (κ2) is 5.84. The fraction of sp³-hybridized carbons (Fsp3) is 0.562. The zero-order chi connectivity index (χ0) is 14.1. The fourth-order valence-corrected chi connectivity index (χ4v) is 3.59. The molecule has 4 heteroatoms. The van der Waals surface area contributed by atoms with Gasteiger partial charge in [0.1, 0.15) is 0 Å². The lowest BCUT2D eigenvalue weighted by Crippen LogP contribution is -2.49. The molecule has 2 atom stereocenters. The number of fused-ring (bicyclic) bond motifs is 3. The van der Waals surface area contributed by atoms with Crippen LogP contribution in [0.2, 0.25) is 0 Å². The number of hydrogen-bond donors (Lipinski definition) is 0. The lowest BCUT2D eigenvalue weighted by Gasteiger charge is -2.44. The van der Waals surface area contributed by atoms with E-state index in [0.29, 0.717) is 11.6 Å². The van der Waals surface area contributed by atoms with Crippen molar-refractivity contribution in [3.63, 3.8) is 0 Å². The molecule has 1 heterocycles. The summed E-state index contributed by atoms with van der Waals surface area (Å²) >= 11 is 5.61. The van der Waals surface area contributed by atoms with Crippen molar-refractivity contribution in [3.05, 3.63) is 34.9 Å². The number of aryl methyl sites for hydroxylation is 1. The largest absolute Gasteiger partial charge is 0.371 e. The summed E-state index contributed by atoms with van der Waals surface area (Å²) in [6, 6.07) is 6.22. The molecule has 2 aliphatic rings. The standard InChI is InChI=1S/C16H20ClNO2/c1-2-7-18-8-9-20-15-13-10-12(16(17)19)4-3-11(13)5-6-14(15)18/h3-4,10,14-15H,2,5-9H2,1H3/t14-,15-/m1/s1. The zero-order valence-electron chi connectivity index (χ0n) is 11.8. The Morgan fingerprint density at radius 2 is 2.35 bits per heavy atom. The summed E-state index contributed by atoms with van der Waals surface area (Å²) in [6.45, 7) is 5.11. The van der Waals surface area contributed by atoms with Crippen molar-refractivity contribution in [2.24, 2.45) is 0 Å². The summed E-state index contributed by atoms with van der Waals surface area (Å²) < 4.78 is 6.02. The second-order valence-electron chi connectivity index (χ2n) is 5.62. The highest BCUT2D eigenvalue weighted by molar-refractivity contribution is 6.67. The van der Waals surface area contributed by atoms with Crippen molar-refractivity contribution in [2.75, 3.05) is 19.7 Å². The molecule has 0 spiro atoms. The molecule has 3 nitrogen and oxygen atoms in total. The van der Waals surface area contributed by atoms with Gasteiger partial charge < -0.3 is 4.74 Å². The van der Waals surface area contributed by atoms with Crippen molar-refractivity contribution in [1.29, 1.82) is 0 Å². The van der Waals surface area contributed by atoms with Crippen molar-refractivity contribution in [1.82, 2.24) is 4.90 Å². The molecule has 1 aliphatic heterocycles. The number of carbonyl (C=O) groups excluding carboxylic acids is 1. The number of carbonyl (C=O) groups is 1. The Balaban J connectivity index is 1.93. The van der Waals surface area contributed by atoms with E-state index in [1.807, 2.05) is 18.2 Å². The molecular weight excluding hydrogens is 274 g/mol. The normalized spacial score (nSPS) is 25.9. The van der Waals surface area contributed by atoms with Crippen LogP contribution in [0.25, 0.3) is 0 Å². The summed E-state index contributed by atoms with van der Waals surface area (Å²) in [5.74, 6) is 0. The van der Waals surface area contributed by atoms with Crippen LogP contribution in [0.5, 0.6) is 0 Å². The van der Waals surface area contributed by atoms with Gasteiger partial charge >= 0.3 is 0 Å². The molecule has 1 aromatic carbocycles. The van der Waals surface area contributed by atoms with E-state index in [2.05, 4.69) is 11.8 Å². The van der Waals surface area contributed by atoms with Gasteiger partial charge in [-0.2, -0.15) is 0 Å². The number of hydrogen-bond acceptors (Lipinski definition) is 3. The number of benzene rings is 1. The minimum atomic E-state index is -0.392. The van der Waals surface area contributed by atoms with E-state index < -0.39 is 5.24 Å². The van der Waals surface area contributed by atoms with Crippen LogP contribution in [-0.2, 0) is 11.2 Å². The van der Waals surface area contributed by atoms with Crippen molar-refractivity contribution < 1.29 is 9.53 Å². The number of rotatable bonds is 3. The predicted octanol–water partition coefficient (Wildman–Crippen LogP) is 3.16. The fourth-order valence-electron chi connectivity index (χ4n) is 3.47. The van der Waals surface area contributed by atoms with Gasteiger partial charge in [0.05, 0.1) is 12.7 Å². The molecule has 0 N–H and O–H groups in total. The van der Waals surface area contributed by atoms with Gasteiger partial charge in [-0.1, -0.05) is 13.0 Å². The maximum Gasteiger partial charge on any atom is 0.252 e. The van der Waals surface area contributed by atoms with Crippen LogP contribution in [-0.4, -0.2) is 35.9 Å². The highest BCUT2D eigenvalue weighted by atomic mass is 35.5. The van der Waals surface area contributed by atoms with E-state index in [1.165, 1.54) is 5.56 Å². The second-order valence-corrected chi connectivity index (χ2v) is 5.96. The SMILES string of the molecule is CCCN1CCO[C@@H]2c3cc(C(=O)Cl)ccc3CC[C@H]21. The van der Waals surface area contributed by atoms with Gasteiger partial charge in [0.25, 0.3) is 5.24 Å². The predicted molar refractivity (Wildman–Crippen MR) is 79.3 cm³/mol. The van der Waals surface area contributed by atoms with Crippen LogP contribution in [0, 0.1) is 0 Å². The quantitative estimate of drug-likeness (QED) is 0.802. The van der Waals surface area contributed by atoms with Crippen molar-refractivity contribution in [2.45, 2.75) is 38.3 Å². The third-order valence-corrected chi connectivity index (χ3v) is 4.61. The van der Waals surface area contributed by atoms with Crippen LogP contribution in [0.4, 0.5) is 0 Å².